The lowest BCUT2D eigenvalue weighted by molar-refractivity contribution is 0.0795. The van der Waals surface area contributed by atoms with Crippen LogP contribution in [0.25, 0.3) is 0 Å². The molecule has 0 fully saturated rings. The maximum absolute atomic E-state index is 12.7. The summed E-state index contributed by atoms with van der Waals surface area (Å²) in [5, 5.41) is 0.342. The van der Waals surface area contributed by atoms with Gasteiger partial charge in [-0.25, -0.2) is 0 Å². The number of likely N-dealkylation sites (N-methyl/N-ethyl adjacent to an activating group) is 2. The maximum Gasteiger partial charge on any atom is 0.257 e. The second-order valence-corrected chi connectivity index (χ2v) is 5.97. The second kappa shape index (κ2) is 11.0. The third kappa shape index (κ3) is 5.87. The first-order valence-electron chi connectivity index (χ1n) is 7.58. The van der Waals surface area contributed by atoms with Crippen molar-refractivity contribution in [3.05, 3.63) is 53.1 Å². The fraction of sp³-hybridized carbons (Fsp3) is 0.278. The second-order valence-electron chi connectivity index (χ2n) is 5.56. The van der Waals surface area contributed by atoms with Gasteiger partial charge in [0.05, 0.1) is 23.4 Å². The number of nitrogen functional groups attached to an aromatic ring is 1. The van der Waals surface area contributed by atoms with E-state index < -0.39 is 0 Å². The van der Waals surface area contributed by atoms with Crippen LogP contribution in [-0.2, 0) is 0 Å². The number of halogens is 3. The first kappa shape index (κ1) is 24.2. The van der Waals surface area contributed by atoms with E-state index >= 15 is 0 Å². The molecule has 8 heteroatoms. The van der Waals surface area contributed by atoms with E-state index in [1.54, 1.807) is 24.1 Å². The van der Waals surface area contributed by atoms with Crippen LogP contribution in [0.4, 0.5) is 11.4 Å². The molecule has 2 aromatic carbocycles. The van der Waals surface area contributed by atoms with Crippen molar-refractivity contribution in [1.82, 2.24) is 4.90 Å². The molecule has 0 saturated heterocycles. The molecule has 0 atom stereocenters. The van der Waals surface area contributed by atoms with Gasteiger partial charge in [0.15, 0.2) is 0 Å². The third-order valence-electron chi connectivity index (χ3n) is 3.86. The monoisotopic (exact) mass is 419 g/mol. The van der Waals surface area contributed by atoms with Gasteiger partial charge < -0.3 is 20.3 Å². The molecule has 0 aliphatic carbocycles. The van der Waals surface area contributed by atoms with E-state index in [0.717, 1.165) is 5.69 Å². The quantitative estimate of drug-likeness (QED) is 0.718. The van der Waals surface area contributed by atoms with Crippen molar-refractivity contribution in [3.8, 4) is 5.75 Å². The summed E-state index contributed by atoms with van der Waals surface area (Å²) in [6.07, 6.45) is 0. The summed E-state index contributed by atoms with van der Waals surface area (Å²) >= 11 is 6.04. The van der Waals surface area contributed by atoms with Crippen LogP contribution in [0, 0.1) is 0 Å². The number of nitrogens with zero attached hydrogens (tertiary/aromatic N) is 2. The van der Waals surface area contributed by atoms with Gasteiger partial charge in [-0.3, -0.25) is 4.79 Å². The van der Waals surface area contributed by atoms with Crippen LogP contribution in [0.1, 0.15) is 10.4 Å². The smallest absolute Gasteiger partial charge is 0.257 e. The number of rotatable bonds is 6. The van der Waals surface area contributed by atoms with Crippen molar-refractivity contribution in [3.63, 3.8) is 0 Å². The summed E-state index contributed by atoms with van der Waals surface area (Å²) in [6, 6.07) is 13.1. The van der Waals surface area contributed by atoms with Gasteiger partial charge in [-0.05, 0) is 18.2 Å². The molecule has 0 spiro atoms. The summed E-state index contributed by atoms with van der Waals surface area (Å²) in [5.74, 6) is 0.264. The lowest BCUT2D eigenvalue weighted by Crippen LogP contribution is -2.35. The molecular weight excluding hydrogens is 397 g/mol. The Balaban J connectivity index is 0.00000312. The number of hydrogen-bond donors (Lipinski definition) is 1. The highest BCUT2D eigenvalue weighted by Gasteiger charge is 2.19. The van der Waals surface area contributed by atoms with Gasteiger partial charge in [-0.2, -0.15) is 0 Å². The molecule has 144 valence electrons. The van der Waals surface area contributed by atoms with E-state index in [1.165, 1.54) is 7.11 Å². The SMILES string of the molecule is COc1cc(N)c(Cl)cc1C(=O)N(C)CCN(C)c1ccccc1.Cl.Cl. The van der Waals surface area contributed by atoms with Crippen LogP contribution in [0.5, 0.6) is 5.75 Å². The highest BCUT2D eigenvalue weighted by atomic mass is 35.5. The number of amides is 1. The number of anilines is 2. The highest BCUT2D eigenvalue weighted by Crippen LogP contribution is 2.29. The van der Waals surface area contributed by atoms with Crippen molar-refractivity contribution >= 4 is 53.7 Å². The van der Waals surface area contributed by atoms with Crippen molar-refractivity contribution in [2.75, 3.05) is 44.9 Å². The number of nitrogens with two attached hydrogens (primary N) is 1. The first-order chi connectivity index (χ1) is 11.4. The molecule has 2 N–H and O–H groups in total. The zero-order chi connectivity index (χ0) is 17.7. The van der Waals surface area contributed by atoms with Gasteiger partial charge in [0.25, 0.3) is 5.91 Å². The van der Waals surface area contributed by atoms with Crippen LogP contribution < -0.4 is 15.4 Å². The van der Waals surface area contributed by atoms with E-state index in [9.17, 15) is 4.79 Å². The molecule has 0 bridgehead atoms. The van der Waals surface area contributed by atoms with Crippen LogP contribution in [0.2, 0.25) is 5.02 Å². The normalized spacial score (nSPS) is 9.54. The molecule has 2 aromatic rings. The van der Waals surface area contributed by atoms with Crippen molar-refractivity contribution in [2.24, 2.45) is 0 Å². The van der Waals surface area contributed by atoms with Gasteiger partial charge in [0.1, 0.15) is 5.75 Å². The van der Waals surface area contributed by atoms with Gasteiger partial charge in [0, 0.05) is 38.9 Å². The minimum atomic E-state index is -0.157. The van der Waals surface area contributed by atoms with Crippen molar-refractivity contribution in [2.45, 2.75) is 0 Å². The lowest BCUT2D eigenvalue weighted by Gasteiger charge is -2.24. The molecular formula is C18H24Cl3N3O2. The topological polar surface area (TPSA) is 58.8 Å². The summed E-state index contributed by atoms with van der Waals surface area (Å²) in [6.45, 7) is 1.27. The molecule has 0 heterocycles. The maximum atomic E-state index is 12.7. The minimum Gasteiger partial charge on any atom is -0.496 e. The Bertz CT molecular complexity index is 714. The number of hydrogen-bond acceptors (Lipinski definition) is 4. The summed E-state index contributed by atoms with van der Waals surface area (Å²) < 4.78 is 5.25. The number of ether oxygens (including phenoxy) is 1. The summed E-state index contributed by atoms with van der Waals surface area (Å²) in [4.78, 5) is 16.4. The number of carbonyl (C=O) groups excluding carboxylic acids is 1. The van der Waals surface area contributed by atoms with Crippen LogP contribution >= 0.6 is 36.4 Å². The van der Waals surface area contributed by atoms with Gasteiger partial charge >= 0.3 is 0 Å². The Hall–Kier alpha value is -1.82. The molecule has 0 aromatic heterocycles. The van der Waals surface area contributed by atoms with E-state index in [0.29, 0.717) is 35.1 Å². The van der Waals surface area contributed by atoms with E-state index in [-0.39, 0.29) is 30.7 Å². The van der Waals surface area contributed by atoms with Crippen LogP contribution in [0.15, 0.2) is 42.5 Å². The number of benzene rings is 2. The molecule has 2 rings (SSSR count). The molecule has 0 aliphatic heterocycles. The Labute approximate surface area is 171 Å². The molecule has 5 nitrogen and oxygen atoms in total. The molecule has 0 radical (unpaired) electrons. The minimum absolute atomic E-state index is 0. The van der Waals surface area contributed by atoms with E-state index in [1.807, 2.05) is 37.4 Å². The third-order valence-corrected chi connectivity index (χ3v) is 4.19. The molecule has 0 unspecified atom stereocenters. The van der Waals surface area contributed by atoms with Crippen LogP contribution in [0.3, 0.4) is 0 Å². The summed E-state index contributed by atoms with van der Waals surface area (Å²) in [7, 11) is 5.25. The van der Waals surface area contributed by atoms with E-state index in [4.69, 9.17) is 22.1 Å². The lowest BCUT2D eigenvalue weighted by atomic mass is 10.1. The molecule has 26 heavy (non-hydrogen) atoms. The van der Waals surface area contributed by atoms with Crippen molar-refractivity contribution < 1.29 is 9.53 Å². The molecule has 0 saturated carbocycles. The number of para-hydroxylation sites is 1. The molecule has 0 aliphatic rings. The Kier molecular flexibility index (Phi) is 10.2. The zero-order valence-corrected chi connectivity index (χ0v) is 17.3. The molecule has 1 amide bonds. The van der Waals surface area contributed by atoms with Crippen LogP contribution in [-0.4, -0.2) is 45.1 Å². The summed E-state index contributed by atoms with van der Waals surface area (Å²) in [5.41, 5.74) is 7.65. The van der Waals surface area contributed by atoms with Gasteiger partial charge in [-0.1, -0.05) is 29.8 Å². The number of carbonyl (C=O) groups is 1. The standard InChI is InChI=1S/C18H22ClN3O2.2ClH/c1-21(13-7-5-4-6-8-13)9-10-22(2)18(23)14-11-15(19)16(20)12-17(14)24-3;;/h4-8,11-12H,9-10,20H2,1-3H3;2*1H. The zero-order valence-electron chi connectivity index (χ0n) is 14.9. The highest BCUT2D eigenvalue weighted by molar-refractivity contribution is 6.33. The van der Waals surface area contributed by atoms with Crippen molar-refractivity contribution in [1.29, 1.82) is 0 Å². The largest absolute Gasteiger partial charge is 0.496 e. The van der Waals surface area contributed by atoms with E-state index in [2.05, 4.69) is 4.90 Å². The predicted molar refractivity (Wildman–Crippen MR) is 114 cm³/mol. The average molecular weight is 421 g/mol. The fourth-order valence-electron chi connectivity index (χ4n) is 2.32. The van der Waals surface area contributed by atoms with Gasteiger partial charge in [0.2, 0.25) is 0 Å². The number of methoxy groups -OCH3 is 1. The van der Waals surface area contributed by atoms with Gasteiger partial charge in [-0.15, -0.1) is 24.8 Å². The Morgan fingerprint density at radius 3 is 2.31 bits per heavy atom. The predicted octanol–water partition coefficient (Wildman–Crippen LogP) is 3.98. The Morgan fingerprint density at radius 2 is 1.73 bits per heavy atom. The Morgan fingerprint density at radius 1 is 1.12 bits per heavy atom. The average Bonchev–Trinajstić information content (AvgIpc) is 2.61. The first-order valence-corrected chi connectivity index (χ1v) is 7.96. The fourth-order valence-corrected chi connectivity index (χ4v) is 2.49.